The molecule has 2 aromatic heterocycles. The second-order valence-electron chi connectivity index (χ2n) is 5.01. The summed E-state index contributed by atoms with van der Waals surface area (Å²) in [6.07, 6.45) is 4.37. The maximum Gasteiger partial charge on any atom is 0.336 e. The highest BCUT2D eigenvalue weighted by atomic mass is 16.4. The van der Waals surface area contributed by atoms with Crippen molar-refractivity contribution in [2.45, 2.75) is 19.9 Å². The average Bonchev–Trinajstić information content (AvgIpc) is 2.46. The fraction of sp³-hybridized carbons (Fsp3) is 0.176. The van der Waals surface area contributed by atoms with Crippen LogP contribution in [-0.4, -0.2) is 5.11 Å². The molecule has 0 unspecified atom stereocenters. The van der Waals surface area contributed by atoms with Crippen LogP contribution in [0.25, 0.3) is 11.0 Å². The quantitative estimate of drug-likeness (QED) is 0.593. The number of fused-ring (bicyclic) bond motifs is 1. The van der Waals surface area contributed by atoms with Gasteiger partial charge >= 0.3 is 5.63 Å². The summed E-state index contributed by atoms with van der Waals surface area (Å²) in [6, 6.07) is 10.8. The summed E-state index contributed by atoms with van der Waals surface area (Å²) in [5, 5.41) is 10.4. The lowest BCUT2D eigenvalue weighted by Crippen LogP contribution is -2.33. The molecule has 0 saturated heterocycles. The van der Waals surface area contributed by atoms with Gasteiger partial charge in [-0.05, 0) is 24.1 Å². The number of aryl methyl sites for hydroxylation is 1. The molecule has 0 saturated carbocycles. The minimum Gasteiger partial charge on any atom is -0.503 e. The summed E-state index contributed by atoms with van der Waals surface area (Å²) in [5.41, 5.74) is 2.26. The molecular weight excluding hydrogens is 266 g/mol. The number of rotatable bonds is 3. The first kappa shape index (κ1) is 13.4. The van der Waals surface area contributed by atoms with E-state index in [-0.39, 0.29) is 11.4 Å². The van der Waals surface area contributed by atoms with E-state index in [1.165, 1.54) is 6.07 Å². The van der Waals surface area contributed by atoms with Gasteiger partial charge in [-0.3, -0.25) is 0 Å². The Morgan fingerprint density at radius 3 is 2.86 bits per heavy atom. The van der Waals surface area contributed by atoms with E-state index in [4.69, 9.17) is 4.42 Å². The van der Waals surface area contributed by atoms with Crippen LogP contribution in [0.15, 0.2) is 58.0 Å². The van der Waals surface area contributed by atoms with Gasteiger partial charge in [0.1, 0.15) is 5.58 Å². The molecule has 0 spiro atoms. The number of nitrogens with zero attached hydrogens (tertiary/aromatic N) is 1. The molecule has 4 heteroatoms. The highest BCUT2D eigenvalue weighted by Gasteiger charge is 2.11. The first-order valence-corrected chi connectivity index (χ1v) is 6.89. The van der Waals surface area contributed by atoms with Gasteiger partial charge in [0.25, 0.3) is 0 Å². The molecule has 1 aromatic carbocycles. The molecule has 0 fully saturated rings. The molecule has 0 amide bonds. The number of hydrogen-bond donors (Lipinski definition) is 1. The largest absolute Gasteiger partial charge is 0.503 e. The Balaban J connectivity index is 2.11. The maximum absolute atomic E-state index is 11.7. The highest BCUT2D eigenvalue weighted by molar-refractivity contribution is 5.80. The van der Waals surface area contributed by atoms with Gasteiger partial charge in [-0.15, -0.1) is 0 Å². The van der Waals surface area contributed by atoms with Crippen molar-refractivity contribution in [1.29, 1.82) is 0 Å². The van der Waals surface area contributed by atoms with E-state index in [1.807, 2.05) is 29.0 Å². The highest BCUT2D eigenvalue weighted by Crippen LogP contribution is 2.19. The van der Waals surface area contributed by atoms with E-state index >= 15 is 0 Å². The Kier molecular flexibility index (Phi) is 3.44. The lowest BCUT2D eigenvalue weighted by molar-refractivity contribution is -0.688. The van der Waals surface area contributed by atoms with Crippen molar-refractivity contribution >= 4 is 11.0 Å². The Bertz CT molecular complexity index is 852. The van der Waals surface area contributed by atoms with E-state index in [9.17, 15) is 9.90 Å². The van der Waals surface area contributed by atoms with Gasteiger partial charge in [0.2, 0.25) is 6.20 Å². The summed E-state index contributed by atoms with van der Waals surface area (Å²) in [4.78, 5) is 11.7. The molecule has 4 nitrogen and oxygen atoms in total. The molecular formula is C17H16NO3+. The Morgan fingerprint density at radius 1 is 1.24 bits per heavy atom. The minimum atomic E-state index is -0.355. The first-order chi connectivity index (χ1) is 10.2. The van der Waals surface area contributed by atoms with Crippen LogP contribution in [-0.2, 0) is 13.0 Å². The standard InChI is InChI=1S/C17H15NO3/c1-2-12-5-6-15-13(9-17(20)21-16(15)8-12)10-18-7-3-4-14(19)11-18/h3-9,11H,2,10H2,1H3/p+1. The van der Waals surface area contributed by atoms with Gasteiger partial charge in [-0.1, -0.05) is 19.1 Å². The van der Waals surface area contributed by atoms with Crippen LogP contribution in [0, 0.1) is 0 Å². The number of benzene rings is 1. The van der Waals surface area contributed by atoms with Gasteiger partial charge in [0.05, 0.1) is 0 Å². The Hall–Kier alpha value is -2.62. The topological polar surface area (TPSA) is 54.3 Å². The third-order valence-electron chi connectivity index (χ3n) is 3.50. The van der Waals surface area contributed by atoms with E-state index in [2.05, 4.69) is 6.92 Å². The predicted molar refractivity (Wildman–Crippen MR) is 79.3 cm³/mol. The molecule has 0 aliphatic carbocycles. The van der Waals surface area contributed by atoms with Crippen LogP contribution in [0.1, 0.15) is 18.1 Å². The lowest BCUT2D eigenvalue weighted by atomic mass is 10.1. The van der Waals surface area contributed by atoms with Crippen molar-refractivity contribution in [1.82, 2.24) is 0 Å². The Labute approximate surface area is 121 Å². The molecule has 3 rings (SSSR count). The molecule has 0 aliphatic rings. The average molecular weight is 282 g/mol. The number of hydrogen-bond acceptors (Lipinski definition) is 3. The van der Waals surface area contributed by atoms with Crippen LogP contribution in [0.4, 0.5) is 0 Å². The number of aromatic hydroxyl groups is 1. The van der Waals surface area contributed by atoms with E-state index in [0.29, 0.717) is 12.1 Å². The molecule has 0 bridgehead atoms. The first-order valence-electron chi connectivity index (χ1n) is 6.89. The van der Waals surface area contributed by atoms with Crippen LogP contribution < -0.4 is 10.2 Å². The minimum absolute atomic E-state index is 0.193. The van der Waals surface area contributed by atoms with Crippen molar-refractivity contribution in [3.8, 4) is 5.75 Å². The van der Waals surface area contributed by atoms with Gasteiger partial charge < -0.3 is 9.52 Å². The van der Waals surface area contributed by atoms with Crippen LogP contribution in [0.2, 0.25) is 0 Å². The van der Waals surface area contributed by atoms with Crippen molar-refractivity contribution in [2.75, 3.05) is 0 Å². The zero-order chi connectivity index (χ0) is 14.8. The molecule has 106 valence electrons. The third kappa shape index (κ3) is 2.79. The summed E-state index contributed by atoms with van der Waals surface area (Å²) < 4.78 is 7.12. The van der Waals surface area contributed by atoms with Crippen molar-refractivity contribution in [2.24, 2.45) is 0 Å². The van der Waals surface area contributed by atoms with Crippen molar-refractivity contribution in [3.63, 3.8) is 0 Å². The predicted octanol–water partition coefficient (Wildman–Crippen LogP) is 2.40. The van der Waals surface area contributed by atoms with Crippen LogP contribution in [0.3, 0.4) is 0 Å². The summed E-state index contributed by atoms with van der Waals surface area (Å²) in [6.45, 7) is 2.56. The van der Waals surface area contributed by atoms with Crippen molar-refractivity contribution < 1.29 is 14.1 Å². The SMILES string of the molecule is CCc1ccc2c(C[n+]3cccc(O)c3)cc(=O)oc2c1. The normalized spacial score (nSPS) is 10.9. The fourth-order valence-electron chi connectivity index (χ4n) is 2.43. The molecule has 21 heavy (non-hydrogen) atoms. The molecule has 2 heterocycles. The molecule has 0 aliphatic heterocycles. The Morgan fingerprint density at radius 2 is 2.10 bits per heavy atom. The summed E-state index contributed by atoms with van der Waals surface area (Å²) >= 11 is 0. The monoisotopic (exact) mass is 282 g/mol. The molecule has 0 atom stereocenters. The molecule has 1 N–H and O–H groups in total. The zero-order valence-electron chi connectivity index (χ0n) is 11.7. The zero-order valence-corrected chi connectivity index (χ0v) is 11.7. The van der Waals surface area contributed by atoms with Gasteiger partial charge in [0, 0.05) is 23.1 Å². The number of aromatic nitrogens is 1. The van der Waals surface area contributed by atoms with Crippen LogP contribution in [0.5, 0.6) is 5.75 Å². The van der Waals surface area contributed by atoms with E-state index in [0.717, 1.165) is 22.9 Å². The third-order valence-corrected chi connectivity index (χ3v) is 3.50. The van der Waals surface area contributed by atoms with Gasteiger partial charge in [-0.25, -0.2) is 4.79 Å². The molecule has 3 aromatic rings. The second kappa shape index (κ2) is 5.40. The maximum atomic E-state index is 11.7. The lowest BCUT2D eigenvalue weighted by Gasteiger charge is -2.04. The fourth-order valence-corrected chi connectivity index (χ4v) is 2.43. The molecule has 0 radical (unpaired) electrons. The van der Waals surface area contributed by atoms with Crippen LogP contribution >= 0.6 is 0 Å². The number of pyridine rings is 1. The van der Waals surface area contributed by atoms with E-state index < -0.39 is 0 Å². The second-order valence-corrected chi connectivity index (χ2v) is 5.01. The summed E-state index contributed by atoms with van der Waals surface area (Å²) in [7, 11) is 0. The van der Waals surface area contributed by atoms with Crippen molar-refractivity contribution in [3.05, 3.63) is 70.3 Å². The van der Waals surface area contributed by atoms with Gasteiger partial charge in [0.15, 0.2) is 18.5 Å². The summed E-state index contributed by atoms with van der Waals surface area (Å²) in [5.74, 6) is 0.193. The smallest absolute Gasteiger partial charge is 0.336 e. The van der Waals surface area contributed by atoms with E-state index in [1.54, 1.807) is 18.3 Å². The van der Waals surface area contributed by atoms with Gasteiger partial charge in [-0.2, -0.15) is 4.57 Å².